The van der Waals surface area contributed by atoms with E-state index < -0.39 is 0 Å². The van der Waals surface area contributed by atoms with Gasteiger partial charge in [-0.3, -0.25) is 14.4 Å². The fourth-order valence-corrected chi connectivity index (χ4v) is 3.40. The first-order valence-electron chi connectivity index (χ1n) is 8.08. The van der Waals surface area contributed by atoms with Crippen molar-refractivity contribution in [2.45, 2.75) is 19.4 Å². The summed E-state index contributed by atoms with van der Waals surface area (Å²) in [5.41, 5.74) is 3.53. The van der Waals surface area contributed by atoms with Crippen molar-refractivity contribution in [2.24, 2.45) is 0 Å². The van der Waals surface area contributed by atoms with Crippen molar-refractivity contribution in [1.82, 2.24) is 15.0 Å². The molecule has 0 atom stereocenters. The van der Waals surface area contributed by atoms with Crippen molar-refractivity contribution < 1.29 is 14.4 Å². The first-order chi connectivity index (χ1) is 12.2. The number of amides is 2. The lowest BCUT2D eigenvalue weighted by atomic mass is 10.1. The highest BCUT2D eigenvalue weighted by atomic mass is 32.1. The molecule has 0 unspecified atom stereocenters. The lowest BCUT2D eigenvalue weighted by Crippen LogP contribution is -2.40. The molecule has 2 aliphatic rings. The SMILES string of the molecule is O=C(c1cnc2c(c1)N(Cc1cscn1)C(=O)CN2)N1CCCCO1. The molecule has 0 bridgehead atoms. The molecule has 9 heteroatoms. The molecule has 1 N–H and O–H groups in total. The molecule has 0 radical (unpaired) electrons. The van der Waals surface area contributed by atoms with Crippen LogP contribution in [0.2, 0.25) is 0 Å². The number of carbonyl (C=O) groups excluding carboxylic acids is 2. The first-order valence-corrected chi connectivity index (χ1v) is 9.03. The number of hydrogen-bond donors (Lipinski definition) is 1. The molecular weight excluding hydrogens is 342 g/mol. The Bertz CT molecular complexity index is 789. The van der Waals surface area contributed by atoms with E-state index in [-0.39, 0.29) is 18.4 Å². The maximum atomic E-state index is 12.6. The van der Waals surface area contributed by atoms with Gasteiger partial charge in [0.05, 0.1) is 42.2 Å². The van der Waals surface area contributed by atoms with Crippen LogP contribution in [0.3, 0.4) is 0 Å². The highest BCUT2D eigenvalue weighted by molar-refractivity contribution is 7.07. The Morgan fingerprint density at radius 3 is 3.04 bits per heavy atom. The lowest BCUT2D eigenvalue weighted by Gasteiger charge is -2.30. The van der Waals surface area contributed by atoms with Gasteiger partial charge in [0.15, 0.2) is 5.82 Å². The van der Waals surface area contributed by atoms with Crippen LogP contribution in [0.15, 0.2) is 23.2 Å². The Morgan fingerprint density at radius 1 is 1.36 bits per heavy atom. The molecule has 2 aliphatic heterocycles. The third kappa shape index (κ3) is 3.20. The molecule has 0 aromatic carbocycles. The molecule has 0 saturated carbocycles. The van der Waals surface area contributed by atoms with Crippen LogP contribution in [0, 0.1) is 0 Å². The monoisotopic (exact) mass is 359 g/mol. The summed E-state index contributed by atoms with van der Waals surface area (Å²) in [6, 6.07) is 1.69. The van der Waals surface area contributed by atoms with Crippen LogP contribution in [0.4, 0.5) is 11.5 Å². The minimum Gasteiger partial charge on any atom is -0.359 e. The molecule has 130 valence electrons. The second kappa shape index (κ2) is 6.77. The number of nitrogens with zero attached hydrogens (tertiary/aromatic N) is 4. The summed E-state index contributed by atoms with van der Waals surface area (Å²) in [6.07, 6.45) is 3.38. The van der Waals surface area contributed by atoms with E-state index in [0.717, 1.165) is 18.5 Å². The van der Waals surface area contributed by atoms with Gasteiger partial charge in [-0.05, 0) is 18.9 Å². The van der Waals surface area contributed by atoms with Crippen molar-refractivity contribution >= 4 is 34.7 Å². The zero-order chi connectivity index (χ0) is 17.2. The number of thiazole rings is 1. The maximum absolute atomic E-state index is 12.6. The summed E-state index contributed by atoms with van der Waals surface area (Å²) in [5, 5.41) is 6.26. The van der Waals surface area contributed by atoms with Crippen LogP contribution >= 0.6 is 11.3 Å². The van der Waals surface area contributed by atoms with E-state index in [9.17, 15) is 9.59 Å². The van der Waals surface area contributed by atoms with Gasteiger partial charge in [0.25, 0.3) is 5.91 Å². The zero-order valence-corrected chi connectivity index (χ0v) is 14.3. The standard InChI is InChI=1S/C16H17N5O3S/c22-14-7-18-15-13(20(14)8-12-9-25-10-19-12)5-11(6-17-15)16(23)21-3-1-2-4-24-21/h5-6,9-10H,1-4,7-8H2,(H,17,18). The molecule has 1 saturated heterocycles. The number of rotatable bonds is 3. The van der Waals surface area contributed by atoms with Crippen molar-refractivity contribution in [3.05, 3.63) is 34.4 Å². The summed E-state index contributed by atoms with van der Waals surface area (Å²) in [7, 11) is 0. The summed E-state index contributed by atoms with van der Waals surface area (Å²) < 4.78 is 0. The third-order valence-electron chi connectivity index (χ3n) is 4.15. The minimum atomic E-state index is -0.235. The Labute approximate surface area is 148 Å². The lowest BCUT2D eigenvalue weighted by molar-refractivity contribution is -0.144. The molecule has 1 fully saturated rings. The summed E-state index contributed by atoms with van der Waals surface area (Å²) in [4.78, 5) is 40.6. The minimum absolute atomic E-state index is 0.0823. The van der Waals surface area contributed by atoms with E-state index in [4.69, 9.17) is 4.84 Å². The summed E-state index contributed by atoms with van der Waals surface area (Å²) >= 11 is 1.48. The van der Waals surface area contributed by atoms with Gasteiger partial charge < -0.3 is 10.2 Å². The fraction of sp³-hybridized carbons (Fsp3) is 0.375. The fourth-order valence-electron chi connectivity index (χ4n) is 2.85. The number of fused-ring (bicyclic) bond motifs is 1. The molecule has 4 rings (SSSR count). The number of anilines is 2. The molecule has 8 nitrogen and oxygen atoms in total. The van der Waals surface area contributed by atoms with Gasteiger partial charge in [-0.25, -0.2) is 15.0 Å². The van der Waals surface area contributed by atoms with E-state index >= 15 is 0 Å². The predicted molar refractivity (Wildman–Crippen MR) is 92.3 cm³/mol. The second-order valence-corrected chi connectivity index (χ2v) is 6.57. The van der Waals surface area contributed by atoms with Gasteiger partial charge in [0, 0.05) is 18.1 Å². The Morgan fingerprint density at radius 2 is 2.28 bits per heavy atom. The molecule has 25 heavy (non-hydrogen) atoms. The van der Waals surface area contributed by atoms with Crippen molar-refractivity contribution in [2.75, 3.05) is 29.9 Å². The first kappa shape index (κ1) is 16.0. The van der Waals surface area contributed by atoms with Gasteiger partial charge in [-0.15, -0.1) is 11.3 Å². The number of aromatic nitrogens is 2. The van der Waals surface area contributed by atoms with Crippen molar-refractivity contribution in [3.8, 4) is 0 Å². The van der Waals surface area contributed by atoms with Crippen molar-refractivity contribution in [3.63, 3.8) is 0 Å². The van der Waals surface area contributed by atoms with Gasteiger partial charge in [0.1, 0.15) is 0 Å². The largest absolute Gasteiger partial charge is 0.359 e. The van der Waals surface area contributed by atoms with Gasteiger partial charge in [0.2, 0.25) is 5.91 Å². The topological polar surface area (TPSA) is 87.7 Å². The Balaban J connectivity index is 1.63. The molecular formula is C16H17N5O3S. The van der Waals surface area contributed by atoms with Crippen LogP contribution in [-0.2, 0) is 16.2 Å². The van der Waals surface area contributed by atoms with Crippen LogP contribution in [-0.4, -0.2) is 46.5 Å². The van der Waals surface area contributed by atoms with Crippen molar-refractivity contribution in [1.29, 1.82) is 0 Å². The number of hydrogen-bond acceptors (Lipinski definition) is 7. The Hall–Kier alpha value is -2.52. The van der Waals surface area contributed by atoms with E-state index in [0.29, 0.717) is 36.8 Å². The third-order valence-corrected chi connectivity index (χ3v) is 4.78. The molecule has 0 spiro atoms. The second-order valence-electron chi connectivity index (χ2n) is 5.85. The number of carbonyl (C=O) groups is 2. The molecule has 2 aromatic heterocycles. The van der Waals surface area contributed by atoms with Crippen LogP contribution in [0.25, 0.3) is 0 Å². The highest BCUT2D eigenvalue weighted by Gasteiger charge is 2.28. The molecule has 2 amide bonds. The average Bonchev–Trinajstić information content (AvgIpc) is 3.17. The molecule has 2 aromatic rings. The summed E-state index contributed by atoms with van der Waals surface area (Å²) in [5.74, 6) is 0.272. The summed E-state index contributed by atoms with van der Waals surface area (Å²) in [6.45, 7) is 1.64. The number of hydroxylamine groups is 2. The smallest absolute Gasteiger partial charge is 0.279 e. The normalized spacial score (nSPS) is 17.2. The number of nitrogens with one attached hydrogen (secondary N) is 1. The zero-order valence-electron chi connectivity index (χ0n) is 13.5. The van der Waals surface area contributed by atoms with E-state index in [2.05, 4.69) is 15.3 Å². The van der Waals surface area contributed by atoms with Crippen LogP contribution < -0.4 is 10.2 Å². The number of pyridine rings is 1. The predicted octanol–water partition coefficient (Wildman–Crippen LogP) is 1.66. The molecule has 4 heterocycles. The van der Waals surface area contributed by atoms with E-state index in [1.807, 2.05) is 5.38 Å². The van der Waals surface area contributed by atoms with Gasteiger partial charge in [-0.2, -0.15) is 0 Å². The molecule has 0 aliphatic carbocycles. The Kier molecular flexibility index (Phi) is 4.33. The van der Waals surface area contributed by atoms with Crippen LogP contribution in [0.1, 0.15) is 28.9 Å². The highest BCUT2D eigenvalue weighted by Crippen LogP contribution is 2.30. The average molecular weight is 359 g/mol. The quantitative estimate of drug-likeness (QED) is 0.897. The van der Waals surface area contributed by atoms with E-state index in [1.54, 1.807) is 16.5 Å². The maximum Gasteiger partial charge on any atom is 0.279 e. The van der Waals surface area contributed by atoms with Crippen LogP contribution in [0.5, 0.6) is 0 Å². The van der Waals surface area contributed by atoms with Gasteiger partial charge in [-0.1, -0.05) is 0 Å². The van der Waals surface area contributed by atoms with Gasteiger partial charge >= 0.3 is 0 Å². The van der Waals surface area contributed by atoms with E-state index in [1.165, 1.54) is 22.6 Å².